The van der Waals surface area contributed by atoms with Gasteiger partial charge in [0.1, 0.15) is 0 Å². The summed E-state index contributed by atoms with van der Waals surface area (Å²) in [4.78, 5) is 2.38. The van der Waals surface area contributed by atoms with E-state index in [-0.39, 0.29) is 0 Å². The van der Waals surface area contributed by atoms with Crippen LogP contribution in [0.1, 0.15) is 33.6 Å². The Morgan fingerprint density at radius 1 is 1.50 bits per heavy atom. The molecule has 0 radical (unpaired) electrons. The molecule has 0 bridgehead atoms. The Hall–Kier alpha value is 0.400. The van der Waals surface area contributed by atoms with Gasteiger partial charge in [-0.05, 0) is 31.7 Å². The topological polar surface area (TPSA) is 23.5 Å². The molecule has 0 aliphatic carbocycles. The van der Waals surface area contributed by atoms with Gasteiger partial charge in [-0.15, -0.1) is 0 Å². The fourth-order valence-electron chi connectivity index (χ4n) is 2.11. The smallest absolute Gasteiger partial charge is 0.0746 e. The van der Waals surface area contributed by atoms with Crippen LogP contribution in [0.3, 0.4) is 0 Å². The molecule has 1 fully saturated rings. The minimum Gasteiger partial charge on any atom is -0.389 e. The lowest BCUT2D eigenvalue weighted by Gasteiger charge is -2.40. The number of nitrogens with zero attached hydrogens (tertiary/aromatic N) is 1. The molecule has 84 valence electrons. The second-order valence-corrected chi connectivity index (χ2v) is 6.17. The van der Waals surface area contributed by atoms with Gasteiger partial charge >= 0.3 is 0 Å². The highest BCUT2D eigenvalue weighted by Crippen LogP contribution is 2.25. The summed E-state index contributed by atoms with van der Waals surface area (Å²) in [6.45, 7) is 9.47. The molecular weight excluding hydrogens is 242 g/mol. The normalized spacial score (nSPS) is 30.6. The number of β-amino-alcohol motifs (C(OH)–C–C–N with tert-alkyl or cyclic N) is 1. The molecule has 1 N–H and O–H groups in total. The molecule has 1 heterocycles. The third-order valence-corrected chi connectivity index (χ3v) is 4.29. The molecule has 0 spiro atoms. The molecule has 14 heavy (non-hydrogen) atoms. The lowest BCUT2D eigenvalue weighted by atomic mass is 9.91. The molecule has 1 saturated heterocycles. The van der Waals surface area contributed by atoms with Crippen LogP contribution in [0, 0.1) is 5.41 Å². The van der Waals surface area contributed by atoms with Gasteiger partial charge < -0.3 is 5.11 Å². The third kappa shape index (κ3) is 3.87. The van der Waals surface area contributed by atoms with Gasteiger partial charge in [-0.25, -0.2) is 0 Å². The van der Waals surface area contributed by atoms with Crippen LogP contribution in [-0.2, 0) is 0 Å². The van der Waals surface area contributed by atoms with Crippen molar-refractivity contribution < 1.29 is 5.11 Å². The maximum Gasteiger partial charge on any atom is 0.0746 e. The van der Waals surface area contributed by atoms with E-state index < -0.39 is 5.60 Å². The molecule has 1 aliphatic heterocycles. The van der Waals surface area contributed by atoms with E-state index in [1.165, 1.54) is 0 Å². The van der Waals surface area contributed by atoms with Crippen LogP contribution in [-0.4, -0.2) is 40.6 Å². The second kappa shape index (κ2) is 4.50. The van der Waals surface area contributed by atoms with E-state index in [4.69, 9.17) is 0 Å². The van der Waals surface area contributed by atoms with Gasteiger partial charge in [-0.1, -0.05) is 29.8 Å². The van der Waals surface area contributed by atoms with Crippen molar-refractivity contribution in [2.75, 3.05) is 25.0 Å². The maximum absolute atomic E-state index is 9.96. The molecule has 2 nitrogen and oxygen atoms in total. The van der Waals surface area contributed by atoms with Crippen molar-refractivity contribution in [2.45, 2.75) is 39.2 Å². The largest absolute Gasteiger partial charge is 0.389 e. The van der Waals surface area contributed by atoms with Gasteiger partial charge in [-0.3, -0.25) is 4.90 Å². The summed E-state index contributed by atoms with van der Waals surface area (Å²) < 4.78 is 0. The first kappa shape index (κ1) is 12.5. The molecule has 0 aromatic rings. The molecule has 1 atom stereocenters. The number of piperidine rings is 1. The SMILES string of the molecule is CC(C)(CBr)CN1CCCC(C)(O)C1. The highest BCUT2D eigenvalue weighted by molar-refractivity contribution is 9.09. The summed E-state index contributed by atoms with van der Waals surface area (Å²) in [6, 6.07) is 0. The van der Waals surface area contributed by atoms with Gasteiger partial charge in [0.15, 0.2) is 0 Å². The molecule has 0 aromatic heterocycles. The molecule has 1 aliphatic rings. The van der Waals surface area contributed by atoms with Crippen molar-refractivity contribution in [3.8, 4) is 0 Å². The molecular formula is C11H22BrNO. The van der Waals surface area contributed by atoms with Crippen molar-refractivity contribution >= 4 is 15.9 Å². The Morgan fingerprint density at radius 3 is 2.64 bits per heavy atom. The van der Waals surface area contributed by atoms with Crippen molar-refractivity contribution in [3.63, 3.8) is 0 Å². The summed E-state index contributed by atoms with van der Waals surface area (Å²) in [7, 11) is 0. The Morgan fingerprint density at radius 2 is 2.14 bits per heavy atom. The van der Waals surface area contributed by atoms with E-state index in [2.05, 4.69) is 34.7 Å². The highest BCUT2D eigenvalue weighted by Gasteiger charge is 2.31. The van der Waals surface area contributed by atoms with E-state index in [1.54, 1.807) is 0 Å². The average molecular weight is 264 g/mol. The first-order chi connectivity index (χ1) is 6.35. The minimum absolute atomic E-state index is 0.299. The number of halogens is 1. The number of hydrogen-bond donors (Lipinski definition) is 1. The average Bonchev–Trinajstić information content (AvgIpc) is 2.01. The predicted octanol–water partition coefficient (Wildman–Crippen LogP) is 2.25. The quantitative estimate of drug-likeness (QED) is 0.790. The standard InChI is InChI=1S/C11H22BrNO/c1-10(2,7-12)8-13-6-4-5-11(3,14)9-13/h14H,4-9H2,1-3H3. The summed E-state index contributed by atoms with van der Waals surface area (Å²) >= 11 is 3.54. The van der Waals surface area contributed by atoms with Crippen LogP contribution in [0.5, 0.6) is 0 Å². The molecule has 0 aromatic carbocycles. The van der Waals surface area contributed by atoms with Crippen molar-refractivity contribution in [2.24, 2.45) is 5.41 Å². The Labute approximate surface area is 95.8 Å². The molecule has 3 heteroatoms. The first-order valence-corrected chi connectivity index (χ1v) is 6.48. The zero-order chi connectivity index (χ0) is 10.8. The van der Waals surface area contributed by atoms with Crippen LogP contribution in [0.4, 0.5) is 0 Å². The summed E-state index contributed by atoms with van der Waals surface area (Å²) in [5.41, 5.74) is -0.173. The number of alkyl halides is 1. The van der Waals surface area contributed by atoms with Crippen molar-refractivity contribution in [3.05, 3.63) is 0 Å². The number of likely N-dealkylation sites (tertiary alicyclic amines) is 1. The third-order valence-electron chi connectivity index (χ3n) is 2.77. The van der Waals surface area contributed by atoms with Gasteiger partial charge in [0.05, 0.1) is 5.60 Å². The molecule has 1 rings (SSSR count). The Balaban J connectivity index is 2.46. The first-order valence-electron chi connectivity index (χ1n) is 5.35. The van der Waals surface area contributed by atoms with E-state index in [0.717, 1.165) is 37.8 Å². The number of hydrogen-bond acceptors (Lipinski definition) is 2. The predicted molar refractivity (Wildman–Crippen MR) is 63.9 cm³/mol. The number of aliphatic hydroxyl groups is 1. The Bertz CT molecular complexity index is 192. The maximum atomic E-state index is 9.96. The summed E-state index contributed by atoms with van der Waals surface area (Å²) in [5, 5.41) is 11.0. The fourth-order valence-corrected chi connectivity index (χ4v) is 2.28. The van der Waals surface area contributed by atoms with Crippen LogP contribution < -0.4 is 0 Å². The van der Waals surface area contributed by atoms with Crippen LogP contribution in [0.15, 0.2) is 0 Å². The van der Waals surface area contributed by atoms with Crippen LogP contribution in [0.25, 0.3) is 0 Å². The van der Waals surface area contributed by atoms with Crippen LogP contribution in [0.2, 0.25) is 0 Å². The summed E-state index contributed by atoms with van der Waals surface area (Å²) in [6.07, 6.45) is 2.06. The minimum atomic E-state index is -0.472. The second-order valence-electron chi connectivity index (χ2n) is 5.61. The lowest BCUT2D eigenvalue weighted by Crippen LogP contribution is -2.49. The van der Waals surface area contributed by atoms with Crippen molar-refractivity contribution in [1.29, 1.82) is 0 Å². The van der Waals surface area contributed by atoms with Crippen molar-refractivity contribution in [1.82, 2.24) is 4.90 Å². The molecule has 0 saturated carbocycles. The zero-order valence-corrected chi connectivity index (χ0v) is 11.1. The highest BCUT2D eigenvalue weighted by atomic mass is 79.9. The fraction of sp³-hybridized carbons (Fsp3) is 1.00. The van der Waals surface area contributed by atoms with E-state index >= 15 is 0 Å². The van der Waals surface area contributed by atoms with Gasteiger partial charge in [-0.2, -0.15) is 0 Å². The van der Waals surface area contributed by atoms with E-state index in [9.17, 15) is 5.11 Å². The van der Waals surface area contributed by atoms with Gasteiger partial charge in [0.2, 0.25) is 0 Å². The monoisotopic (exact) mass is 263 g/mol. The lowest BCUT2D eigenvalue weighted by molar-refractivity contribution is -0.0236. The zero-order valence-electron chi connectivity index (χ0n) is 9.52. The summed E-state index contributed by atoms with van der Waals surface area (Å²) in [5.74, 6) is 0. The molecule has 0 amide bonds. The van der Waals surface area contributed by atoms with Gasteiger partial charge in [0, 0.05) is 18.4 Å². The van der Waals surface area contributed by atoms with Gasteiger partial charge in [0.25, 0.3) is 0 Å². The van der Waals surface area contributed by atoms with E-state index in [0.29, 0.717) is 5.41 Å². The van der Waals surface area contributed by atoms with Crippen LogP contribution >= 0.6 is 15.9 Å². The number of rotatable bonds is 3. The Kier molecular flexibility index (Phi) is 4.01. The molecule has 1 unspecified atom stereocenters. The van der Waals surface area contributed by atoms with E-state index in [1.807, 2.05) is 6.92 Å².